The number of methoxy groups -OCH3 is 1. The van der Waals surface area contributed by atoms with Crippen LogP contribution in [-0.4, -0.2) is 79.5 Å². The van der Waals surface area contributed by atoms with Crippen LogP contribution in [0.3, 0.4) is 0 Å². The number of hydrogen-bond acceptors (Lipinski definition) is 7. The van der Waals surface area contributed by atoms with Gasteiger partial charge in [0.1, 0.15) is 5.75 Å². The van der Waals surface area contributed by atoms with E-state index in [4.69, 9.17) is 14.5 Å². The maximum absolute atomic E-state index is 13.8. The molecule has 2 fully saturated rings. The van der Waals surface area contributed by atoms with E-state index >= 15 is 0 Å². The van der Waals surface area contributed by atoms with Gasteiger partial charge in [0, 0.05) is 55.6 Å². The molecule has 214 valence electrons. The molecule has 3 aliphatic rings. The lowest BCUT2D eigenvalue weighted by Crippen LogP contribution is -2.48. The standard InChI is InChI=1S/C32H42N4O3S/c1-6-36-27-21-28(38-5)24(19-26(27)23(2)22-32(36,3)4)20-29-30(37)35(14-10-13-34-15-17-39-18-16-34)31(40-29)33-25-11-8-7-9-12-25/h7-9,11-12,19-21,23H,6,10,13-18,22H2,1-5H3/b29-20+,33-31?. The van der Waals surface area contributed by atoms with Gasteiger partial charge in [0.25, 0.3) is 5.91 Å². The van der Waals surface area contributed by atoms with E-state index in [0.717, 1.165) is 74.4 Å². The Morgan fingerprint density at radius 1 is 1.15 bits per heavy atom. The van der Waals surface area contributed by atoms with Crippen molar-refractivity contribution in [3.8, 4) is 5.75 Å². The van der Waals surface area contributed by atoms with E-state index in [1.54, 1.807) is 7.11 Å². The number of anilines is 1. The van der Waals surface area contributed by atoms with Gasteiger partial charge >= 0.3 is 0 Å². The first-order valence-corrected chi connectivity index (χ1v) is 15.3. The van der Waals surface area contributed by atoms with Crippen LogP contribution in [0.1, 0.15) is 57.6 Å². The zero-order valence-electron chi connectivity index (χ0n) is 24.5. The van der Waals surface area contributed by atoms with Crippen LogP contribution in [0.25, 0.3) is 6.08 Å². The van der Waals surface area contributed by atoms with Gasteiger partial charge in [0.15, 0.2) is 5.17 Å². The Bertz CT molecular complexity index is 1270. The smallest absolute Gasteiger partial charge is 0.266 e. The molecule has 3 aliphatic heterocycles. The van der Waals surface area contributed by atoms with Gasteiger partial charge in [0.05, 0.1) is 30.9 Å². The highest BCUT2D eigenvalue weighted by Gasteiger charge is 2.37. The summed E-state index contributed by atoms with van der Waals surface area (Å²) in [4.78, 5) is 26.1. The summed E-state index contributed by atoms with van der Waals surface area (Å²) in [5.74, 6) is 1.20. The zero-order valence-corrected chi connectivity index (χ0v) is 25.3. The number of benzene rings is 2. The molecular formula is C32H42N4O3S. The van der Waals surface area contributed by atoms with Gasteiger partial charge in [-0.1, -0.05) is 25.1 Å². The highest BCUT2D eigenvalue weighted by Crippen LogP contribution is 2.46. The highest BCUT2D eigenvalue weighted by atomic mass is 32.2. The summed E-state index contributed by atoms with van der Waals surface area (Å²) >= 11 is 1.45. The molecule has 2 aromatic rings. The number of ether oxygens (including phenoxy) is 2. The molecule has 5 rings (SSSR count). The molecule has 7 nitrogen and oxygen atoms in total. The number of thioether (sulfide) groups is 1. The van der Waals surface area contributed by atoms with Crippen LogP contribution >= 0.6 is 11.8 Å². The lowest BCUT2D eigenvalue weighted by atomic mass is 9.79. The van der Waals surface area contributed by atoms with Gasteiger partial charge < -0.3 is 14.4 Å². The Kier molecular flexibility index (Phi) is 8.88. The van der Waals surface area contributed by atoms with E-state index < -0.39 is 0 Å². The number of nitrogens with zero attached hydrogens (tertiary/aromatic N) is 4. The number of amides is 1. The van der Waals surface area contributed by atoms with Crippen LogP contribution in [0, 0.1) is 0 Å². The van der Waals surface area contributed by atoms with Crippen LogP contribution in [0.4, 0.5) is 11.4 Å². The third kappa shape index (κ3) is 6.09. The summed E-state index contributed by atoms with van der Waals surface area (Å²) in [5, 5.41) is 0.730. The van der Waals surface area contributed by atoms with Gasteiger partial charge in [-0.05, 0) is 81.1 Å². The normalized spacial score (nSPS) is 23.2. The lowest BCUT2D eigenvalue weighted by Gasteiger charge is -2.47. The molecule has 1 amide bonds. The predicted molar refractivity (Wildman–Crippen MR) is 166 cm³/mol. The third-order valence-electron chi connectivity index (χ3n) is 8.17. The van der Waals surface area contributed by atoms with Crippen molar-refractivity contribution in [1.82, 2.24) is 9.80 Å². The zero-order chi connectivity index (χ0) is 28.3. The molecule has 0 aromatic heterocycles. The quantitative estimate of drug-likeness (QED) is 0.361. The van der Waals surface area contributed by atoms with Crippen molar-refractivity contribution < 1.29 is 14.3 Å². The van der Waals surface area contributed by atoms with Crippen LogP contribution in [0.15, 0.2) is 52.4 Å². The SMILES string of the molecule is CCN1c2cc(OC)c(/C=C3/SC(=Nc4ccccc4)N(CCCN4CCOCC4)C3=O)cc2C(C)CC1(C)C. The molecule has 8 heteroatoms. The summed E-state index contributed by atoms with van der Waals surface area (Å²) in [6.07, 6.45) is 3.96. The number of amidine groups is 1. The molecule has 0 saturated carbocycles. The molecule has 1 unspecified atom stereocenters. The van der Waals surface area contributed by atoms with E-state index in [9.17, 15) is 4.79 Å². The van der Waals surface area contributed by atoms with E-state index in [1.807, 2.05) is 41.3 Å². The Morgan fingerprint density at radius 3 is 2.60 bits per heavy atom. The average Bonchev–Trinajstić information content (AvgIpc) is 3.23. The minimum Gasteiger partial charge on any atom is -0.496 e. The number of morpholine rings is 1. The fraction of sp³-hybridized carbons (Fsp3) is 0.500. The van der Waals surface area contributed by atoms with Gasteiger partial charge in [0.2, 0.25) is 0 Å². The van der Waals surface area contributed by atoms with Crippen molar-refractivity contribution in [3.63, 3.8) is 0 Å². The highest BCUT2D eigenvalue weighted by molar-refractivity contribution is 8.18. The predicted octanol–water partition coefficient (Wildman–Crippen LogP) is 6.13. The first kappa shape index (κ1) is 28.7. The molecule has 1 atom stereocenters. The van der Waals surface area contributed by atoms with Crippen molar-refractivity contribution in [2.45, 2.75) is 52.0 Å². The summed E-state index contributed by atoms with van der Waals surface area (Å²) < 4.78 is 11.4. The van der Waals surface area contributed by atoms with Gasteiger partial charge in [-0.15, -0.1) is 0 Å². The average molecular weight is 563 g/mol. The van der Waals surface area contributed by atoms with E-state index in [1.165, 1.54) is 23.0 Å². The number of carbonyl (C=O) groups excluding carboxylic acids is 1. The summed E-state index contributed by atoms with van der Waals surface area (Å²) in [6, 6.07) is 14.3. The molecule has 0 bridgehead atoms. The fourth-order valence-corrected chi connectivity index (χ4v) is 7.25. The monoisotopic (exact) mass is 562 g/mol. The summed E-state index contributed by atoms with van der Waals surface area (Å²) in [7, 11) is 1.71. The van der Waals surface area contributed by atoms with Gasteiger partial charge in [-0.25, -0.2) is 4.99 Å². The van der Waals surface area contributed by atoms with E-state index in [2.05, 4.69) is 49.6 Å². The van der Waals surface area contributed by atoms with Crippen LogP contribution in [-0.2, 0) is 9.53 Å². The molecule has 0 spiro atoms. The van der Waals surface area contributed by atoms with Gasteiger partial charge in [-0.3, -0.25) is 14.6 Å². The third-order valence-corrected chi connectivity index (χ3v) is 9.18. The van der Waals surface area contributed by atoms with Crippen molar-refractivity contribution in [1.29, 1.82) is 0 Å². The van der Waals surface area contributed by atoms with Crippen LogP contribution < -0.4 is 9.64 Å². The second-order valence-electron chi connectivity index (χ2n) is 11.4. The largest absolute Gasteiger partial charge is 0.496 e. The van der Waals surface area contributed by atoms with Gasteiger partial charge in [-0.2, -0.15) is 0 Å². The second-order valence-corrected chi connectivity index (χ2v) is 12.4. The number of para-hydroxylation sites is 1. The Balaban J connectivity index is 1.45. The molecule has 3 heterocycles. The molecular weight excluding hydrogens is 520 g/mol. The molecule has 2 saturated heterocycles. The molecule has 0 radical (unpaired) electrons. The van der Waals surface area contributed by atoms with Crippen molar-refractivity contribution in [2.75, 3.05) is 57.9 Å². The first-order valence-electron chi connectivity index (χ1n) is 14.5. The van der Waals surface area contributed by atoms with Crippen molar-refractivity contribution in [2.24, 2.45) is 4.99 Å². The van der Waals surface area contributed by atoms with E-state index in [0.29, 0.717) is 17.4 Å². The number of fused-ring (bicyclic) bond motifs is 1. The number of aliphatic imine (C=N–C) groups is 1. The van der Waals surface area contributed by atoms with Crippen molar-refractivity contribution >= 4 is 40.3 Å². The maximum atomic E-state index is 13.8. The van der Waals surface area contributed by atoms with Crippen LogP contribution in [0.5, 0.6) is 5.75 Å². The summed E-state index contributed by atoms with van der Waals surface area (Å²) in [6.45, 7) is 15.1. The Labute approximate surface area is 243 Å². The topological polar surface area (TPSA) is 57.6 Å². The second kappa shape index (κ2) is 12.4. The first-order chi connectivity index (χ1) is 19.3. The van der Waals surface area contributed by atoms with Crippen LogP contribution in [0.2, 0.25) is 0 Å². The lowest BCUT2D eigenvalue weighted by molar-refractivity contribution is -0.122. The minimum absolute atomic E-state index is 0.00537. The molecule has 0 N–H and O–H groups in total. The number of rotatable bonds is 8. The molecule has 2 aromatic carbocycles. The summed E-state index contributed by atoms with van der Waals surface area (Å²) in [5.41, 5.74) is 4.40. The van der Waals surface area contributed by atoms with Crippen molar-refractivity contribution in [3.05, 3.63) is 58.5 Å². The number of hydrogen-bond donors (Lipinski definition) is 0. The maximum Gasteiger partial charge on any atom is 0.266 e. The number of carbonyl (C=O) groups is 1. The fourth-order valence-electron chi connectivity index (χ4n) is 6.24. The Morgan fingerprint density at radius 2 is 1.90 bits per heavy atom. The van der Waals surface area contributed by atoms with E-state index in [-0.39, 0.29) is 11.4 Å². The Hall–Kier alpha value is -2.81. The molecule has 40 heavy (non-hydrogen) atoms. The molecule has 0 aliphatic carbocycles. The minimum atomic E-state index is 0.00537.